The lowest BCUT2D eigenvalue weighted by Gasteiger charge is -1.95. The molecule has 0 radical (unpaired) electrons. The Hall–Kier alpha value is -0.100. The van der Waals surface area contributed by atoms with Crippen molar-refractivity contribution in [3.8, 4) is 0 Å². The van der Waals surface area contributed by atoms with E-state index in [1.165, 1.54) is 12.1 Å². The van der Waals surface area contributed by atoms with Crippen molar-refractivity contribution in [1.29, 1.82) is 0 Å². The van der Waals surface area contributed by atoms with E-state index >= 15 is 0 Å². The van der Waals surface area contributed by atoms with Crippen molar-refractivity contribution in [2.45, 2.75) is 11.8 Å². The molecule has 1 aromatic carbocycles. The van der Waals surface area contributed by atoms with E-state index in [2.05, 4.69) is 0 Å². The molecule has 0 aliphatic carbocycles. The molecule has 0 spiro atoms. The molecular formula is C7H10BrClO3S. The van der Waals surface area contributed by atoms with Crippen molar-refractivity contribution in [3.63, 3.8) is 0 Å². The van der Waals surface area contributed by atoms with Crippen LogP contribution in [0.5, 0.6) is 0 Å². The van der Waals surface area contributed by atoms with Crippen LogP contribution < -0.4 is 0 Å². The monoisotopic (exact) mass is 288 g/mol. The van der Waals surface area contributed by atoms with E-state index in [4.69, 9.17) is 4.55 Å². The van der Waals surface area contributed by atoms with E-state index in [1.54, 1.807) is 12.1 Å². The van der Waals surface area contributed by atoms with Crippen molar-refractivity contribution in [1.82, 2.24) is 0 Å². The number of rotatable bonds is 1. The minimum Gasteiger partial charge on any atom is -0.282 e. The van der Waals surface area contributed by atoms with E-state index in [9.17, 15) is 8.42 Å². The van der Waals surface area contributed by atoms with Crippen LogP contribution in [0.3, 0.4) is 0 Å². The molecule has 13 heavy (non-hydrogen) atoms. The second-order valence-corrected chi connectivity index (χ2v) is 3.71. The number of halogens is 2. The Kier molecular flexibility index (Phi) is 6.61. The first-order valence-electron chi connectivity index (χ1n) is 3.04. The molecule has 76 valence electrons. The third-order valence-electron chi connectivity index (χ3n) is 1.32. The highest BCUT2D eigenvalue weighted by Crippen LogP contribution is 2.08. The van der Waals surface area contributed by atoms with Gasteiger partial charge in [0.1, 0.15) is 0 Å². The van der Waals surface area contributed by atoms with Crippen molar-refractivity contribution in [3.05, 3.63) is 29.8 Å². The zero-order valence-electron chi connectivity index (χ0n) is 6.80. The van der Waals surface area contributed by atoms with Gasteiger partial charge in [-0.3, -0.25) is 4.55 Å². The van der Waals surface area contributed by atoms with Crippen LogP contribution in [0.25, 0.3) is 0 Å². The fourth-order valence-corrected chi connectivity index (χ4v) is 1.19. The van der Waals surface area contributed by atoms with Gasteiger partial charge in [-0.05, 0) is 19.1 Å². The molecule has 0 fully saturated rings. The molecule has 0 amide bonds. The van der Waals surface area contributed by atoms with Gasteiger partial charge in [-0.1, -0.05) is 17.7 Å². The fraction of sp³-hybridized carbons (Fsp3) is 0.143. The molecule has 0 aliphatic rings. The van der Waals surface area contributed by atoms with Gasteiger partial charge in [-0.15, -0.1) is 29.4 Å². The number of benzene rings is 1. The Bertz CT molecular complexity index is 347. The van der Waals surface area contributed by atoms with Crippen molar-refractivity contribution < 1.29 is 13.0 Å². The van der Waals surface area contributed by atoms with Gasteiger partial charge in [0.2, 0.25) is 0 Å². The summed E-state index contributed by atoms with van der Waals surface area (Å²) < 4.78 is 29.6. The maximum atomic E-state index is 10.5. The highest BCUT2D eigenvalue weighted by molar-refractivity contribution is 8.93. The van der Waals surface area contributed by atoms with E-state index in [-0.39, 0.29) is 34.3 Å². The maximum absolute atomic E-state index is 10.5. The number of hydrogen-bond donors (Lipinski definition) is 1. The van der Waals surface area contributed by atoms with Crippen LogP contribution >= 0.6 is 29.4 Å². The Balaban J connectivity index is 0. The molecule has 1 rings (SSSR count). The first-order valence-corrected chi connectivity index (χ1v) is 4.48. The normalized spacial score (nSPS) is 9.69. The quantitative estimate of drug-likeness (QED) is 0.807. The Morgan fingerprint density at radius 1 is 1.15 bits per heavy atom. The molecule has 0 saturated heterocycles. The Morgan fingerprint density at radius 2 is 1.54 bits per heavy atom. The maximum Gasteiger partial charge on any atom is 0.294 e. The zero-order chi connectivity index (χ0) is 8.48. The summed E-state index contributed by atoms with van der Waals surface area (Å²) in [7, 11) is -4.02. The summed E-state index contributed by atoms with van der Waals surface area (Å²) >= 11 is 0. The van der Waals surface area contributed by atoms with Crippen molar-refractivity contribution >= 4 is 39.5 Å². The summed E-state index contributed by atoms with van der Waals surface area (Å²) in [5.41, 5.74) is 0.956. The molecule has 1 aromatic rings. The average Bonchev–Trinajstić information content (AvgIpc) is 1.86. The Labute approximate surface area is 94.1 Å². The highest BCUT2D eigenvalue weighted by Gasteiger charge is 2.06. The summed E-state index contributed by atoms with van der Waals surface area (Å²) in [5, 5.41) is 0. The van der Waals surface area contributed by atoms with Crippen LogP contribution in [0, 0.1) is 6.92 Å². The van der Waals surface area contributed by atoms with Crippen LogP contribution in [0.2, 0.25) is 0 Å². The molecule has 0 heterocycles. The molecule has 0 atom stereocenters. The van der Waals surface area contributed by atoms with Crippen LogP contribution in [-0.4, -0.2) is 13.0 Å². The highest BCUT2D eigenvalue weighted by atomic mass is 79.9. The molecule has 0 saturated carbocycles. The second-order valence-electron chi connectivity index (χ2n) is 2.29. The third-order valence-corrected chi connectivity index (χ3v) is 2.19. The molecule has 3 nitrogen and oxygen atoms in total. The van der Waals surface area contributed by atoms with E-state index in [0.29, 0.717) is 0 Å². The summed E-state index contributed by atoms with van der Waals surface area (Å²) in [6, 6.07) is 5.99. The summed E-state index contributed by atoms with van der Waals surface area (Å²) in [6.45, 7) is 1.84. The minimum absolute atomic E-state index is 0. The second kappa shape index (κ2) is 5.59. The molecule has 0 aliphatic heterocycles. The van der Waals surface area contributed by atoms with Gasteiger partial charge in [0.25, 0.3) is 10.1 Å². The summed E-state index contributed by atoms with van der Waals surface area (Å²) in [6.07, 6.45) is 0. The SMILES string of the molecule is Br.Cc1ccc(S(=O)(=O)O)cc1.Cl. The van der Waals surface area contributed by atoms with E-state index in [0.717, 1.165) is 5.56 Å². The van der Waals surface area contributed by atoms with Gasteiger partial charge in [0, 0.05) is 0 Å². The van der Waals surface area contributed by atoms with Gasteiger partial charge < -0.3 is 0 Å². The molecular weight excluding hydrogens is 279 g/mol. The first-order chi connectivity index (χ1) is 5.00. The lowest BCUT2D eigenvalue weighted by atomic mass is 10.2. The van der Waals surface area contributed by atoms with Crippen LogP contribution in [0.15, 0.2) is 29.2 Å². The summed E-state index contributed by atoms with van der Waals surface area (Å²) in [5.74, 6) is 0. The predicted octanol–water partition coefficient (Wildman–Crippen LogP) is 2.24. The van der Waals surface area contributed by atoms with Gasteiger partial charge in [-0.2, -0.15) is 8.42 Å². The van der Waals surface area contributed by atoms with Gasteiger partial charge in [-0.25, -0.2) is 0 Å². The standard InChI is InChI=1S/C7H8O3S.BrH.ClH/c1-6-2-4-7(5-3-6)11(8,9)10;;/h2-5H,1H3,(H,8,9,10);2*1H. The minimum atomic E-state index is -4.02. The molecule has 0 bridgehead atoms. The lowest BCUT2D eigenvalue weighted by Crippen LogP contribution is -1.96. The molecule has 1 N–H and O–H groups in total. The van der Waals surface area contributed by atoms with Gasteiger partial charge >= 0.3 is 0 Å². The van der Waals surface area contributed by atoms with Gasteiger partial charge in [0.15, 0.2) is 0 Å². The Morgan fingerprint density at radius 3 is 1.85 bits per heavy atom. The molecule has 0 unspecified atom stereocenters. The smallest absolute Gasteiger partial charge is 0.282 e. The predicted molar refractivity (Wildman–Crippen MR) is 58.6 cm³/mol. The van der Waals surface area contributed by atoms with E-state index in [1.807, 2.05) is 6.92 Å². The number of hydrogen-bond acceptors (Lipinski definition) is 2. The van der Waals surface area contributed by atoms with E-state index < -0.39 is 10.1 Å². The average molecular weight is 290 g/mol. The molecule has 0 aromatic heterocycles. The van der Waals surface area contributed by atoms with Crippen molar-refractivity contribution in [2.24, 2.45) is 0 Å². The topological polar surface area (TPSA) is 54.4 Å². The largest absolute Gasteiger partial charge is 0.294 e. The molecule has 6 heteroatoms. The van der Waals surface area contributed by atoms with Crippen LogP contribution in [0.4, 0.5) is 0 Å². The van der Waals surface area contributed by atoms with Gasteiger partial charge in [0.05, 0.1) is 4.90 Å². The van der Waals surface area contributed by atoms with Crippen LogP contribution in [0.1, 0.15) is 5.56 Å². The number of aryl methyl sites for hydroxylation is 1. The lowest BCUT2D eigenvalue weighted by molar-refractivity contribution is 0.483. The summed E-state index contributed by atoms with van der Waals surface area (Å²) in [4.78, 5) is -0.0666. The first kappa shape index (κ1) is 15.4. The van der Waals surface area contributed by atoms with Crippen LogP contribution in [-0.2, 0) is 10.1 Å². The zero-order valence-corrected chi connectivity index (χ0v) is 10.1. The third kappa shape index (κ3) is 4.61. The fourth-order valence-electron chi connectivity index (χ4n) is 0.710. The van der Waals surface area contributed by atoms with Crippen molar-refractivity contribution in [2.75, 3.05) is 0 Å².